The summed E-state index contributed by atoms with van der Waals surface area (Å²) in [5.41, 5.74) is 2.63. The van der Waals surface area contributed by atoms with Crippen molar-refractivity contribution in [1.82, 2.24) is 38.9 Å². The summed E-state index contributed by atoms with van der Waals surface area (Å²) in [4.78, 5) is 112. The number of hydrogen-bond acceptors (Lipinski definition) is 18. The maximum atomic E-state index is 15.7. The number of methoxy groups -OCH3 is 2. The summed E-state index contributed by atoms with van der Waals surface area (Å²) in [5, 5.41) is 3.91. The van der Waals surface area contributed by atoms with Crippen molar-refractivity contribution in [3.05, 3.63) is 138 Å². The number of likely N-dealkylation sites (N-methyl/N-ethyl adjacent to an activating group) is 1. The van der Waals surface area contributed by atoms with Gasteiger partial charge in [0.05, 0.1) is 79.8 Å². The number of aromatic nitrogens is 6. The largest absolute Gasteiger partial charge is 0.467 e. The second-order valence-electron chi connectivity index (χ2n) is 28.1. The minimum atomic E-state index is -0.852. The van der Waals surface area contributed by atoms with Gasteiger partial charge in [0.15, 0.2) is 24.9 Å². The number of fused-ring (bicyclic) bond motifs is 10. The fourth-order valence-corrected chi connectivity index (χ4v) is 13.9. The van der Waals surface area contributed by atoms with Crippen molar-refractivity contribution in [1.29, 1.82) is 0 Å². The number of benzene rings is 2. The molecular formula is C73H82Cl2F2N12O12. The third-order valence-electron chi connectivity index (χ3n) is 17.9. The summed E-state index contributed by atoms with van der Waals surface area (Å²) in [6.45, 7) is 26.1. The highest BCUT2D eigenvalue weighted by atomic mass is 35.5. The molecule has 1 N–H and O–H groups in total. The fraction of sp³-hybridized carbons (Fsp3) is 0.425. The van der Waals surface area contributed by atoms with E-state index in [1.807, 2.05) is 65.2 Å². The van der Waals surface area contributed by atoms with Crippen LogP contribution in [0.2, 0.25) is 10.0 Å². The zero-order chi connectivity index (χ0) is 73.3. The summed E-state index contributed by atoms with van der Waals surface area (Å²) in [6, 6.07) is 13.1. The third-order valence-corrected chi connectivity index (χ3v) is 18.5. The number of carbonyl (C=O) groups excluding carboxylic acids is 4. The van der Waals surface area contributed by atoms with Crippen LogP contribution in [0.5, 0.6) is 11.5 Å². The van der Waals surface area contributed by atoms with Gasteiger partial charge in [-0.2, -0.15) is 0 Å². The molecule has 0 unspecified atom stereocenters. The molecule has 4 aliphatic rings. The maximum absolute atomic E-state index is 15.7. The van der Waals surface area contributed by atoms with Crippen LogP contribution >= 0.6 is 23.2 Å². The minimum absolute atomic E-state index is 0.00469. The Balaban J connectivity index is 0.000000203. The number of amides is 4. The van der Waals surface area contributed by atoms with Gasteiger partial charge in [-0.3, -0.25) is 38.3 Å². The lowest BCUT2D eigenvalue weighted by atomic mass is 9.98. The van der Waals surface area contributed by atoms with Gasteiger partial charge < -0.3 is 58.2 Å². The standard InChI is InChI=1S/C37H42ClFN6O6.C36H40ClFN6O6/c1-19(2)28-30(20(3)13-14-40-28)45-33-22(15-23(38)29(41-33)27-24(39)11-10-12-26(27)50-18-49-9)31-32(35(45)47)42(8)34(46)25-17-43(21(4)16-44(25)31)36(48)51-37(5,6)7;1-18(2)27-30(19(3)12-13-39-27)44-32-21(14-22(37)28(40-32)26-23(38)10-9-11-25(26)49-17-48-8)31-29(34(44)46)41-33(45)24-16-42(20(4)15-43(24)31)35(47)50-36(5,6)7/h10-15,19,21,25H,16-18H2,1-9H3;9-14,18,20,24H,15-17H2,1-8H3,(H,41,45)/t21-,25-;20-,24-/m11/s1. The van der Waals surface area contributed by atoms with E-state index in [1.54, 1.807) is 102 Å². The number of nitrogens with one attached hydrogen (secondary N) is 1. The smallest absolute Gasteiger partial charge is 0.410 e. The Morgan fingerprint density at radius 1 is 0.604 bits per heavy atom. The molecule has 534 valence electrons. The van der Waals surface area contributed by atoms with Crippen molar-refractivity contribution >= 4 is 92.0 Å². The van der Waals surface area contributed by atoms with E-state index in [2.05, 4.69) is 15.3 Å². The highest BCUT2D eigenvalue weighted by molar-refractivity contribution is 6.35. The summed E-state index contributed by atoms with van der Waals surface area (Å²) in [7, 11) is 4.45. The molecule has 2 fully saturated rings. The van der Waals surface area contributed by atoms with Gasteiger partial charge in [-0.15, -0.1) is 0 Å². The Hall–Kier alpha value is -9.50. The predicted molar refractivity (Wildman–Crippen MR) is 383 cm³/mol. The SMILES string of the molecule is COCOc1cccc(F)c1-c1nc2c(cc1Cl)c1c(c(=O)n2-c2c(C)ccnc2C(C)C)N(C)C(=O)[C@H]2CN(C(=O)OC(C)(C)C)[C@H](C)CN12.COCOc1cccc(F)c1-c1nc2c(cc1Cl)c1c(c(=O)n2-c2c(C)ccnc2C(C)C)NC(=O)[C@H]2CN(C(=O)OC(C)(C)C)[C@H](C)CN12. The Morgan fingerprint density at radius 3 is 1.47 bits per heavy atom. The molecule has 28 heteroatoms. The van der Waals surface area contributed by atoms with Crippen LogP contribution in [0, 0.1) is 25.5 Å². The number of nitrogens with zero attached hydrogens (tertiary/aromatic N) is 11. The quantitative estimate of drug-likeness (QED) is 0.112. The number of ether oxygens (including phenoxy) is 6. The number of anilines is 4. The molecule has 2 saturated heterocycles. The van der Waals surface area contributed by atoms with Crippen LogP contribution in [0.15, 0.2) is 82.6 Å². The topological polar surface area (TPSA) is 247 Å². The van der Waals surface area contributed by atoms with E-state index in [-0.39, 0.29) is 124 Å². The van der Waals surface area contributed by atoms with Gasteiger partial charge in [-0.05, 0) is 141 Å². The first-order chi connectivity index (χ1) is 47.7. The van der Waals surface area contributed by atoms with Gasteiger partial charge in [-0.25, -0.2) is 28.3 Å². The van der Waals surface area contributed by atoms with Crippen molar-refractivity contribution in [2.24, 2.45) is 0 Å². The zero-order valence-corrected chi connectivity index (χ0v) is 61.0. The number of aryl methyl sites for hydroxylation is 2. The van der Waals surface area contributed by atoms with E-state index in [1.165, 1.54) is 57.4 Å². The highest BCUT2D eigenvalue weighted by Crippen LogP contribution is 2.48. The lowest BCUT2D eigenvalue weighted by Crippen LogP contribution is -2.66. The Labute approximate surface area is 593 Å². The van der Waals surface area contributed by atoms with Gasteiger partial charge in [0.25, 0.3) is 17.0 Å². The van der Waals surface area contributed by atoms with Gasteiger partial charge in [0, 0.05) is 69.6 Å². The van der Waals surface area contributed by atoms with Crippen LogP contribution in [-0.2, 0) is 28.5 Å². The van der Waals surface area contributed by atoms with Crippen molar-refractivity contribution in [2.45, 2.75) is 144 Å². The van der Waals surface area contributed by atoms with Gasteiger partial charge in [-0.1, -0.05) is 63.0 Å². The van der Waals surface area contributed by atoms with Crippen molar-refractivity contribution < 1.29 is 56.4 Å². The monoisotopic (exact) mass is 1430 g/mol. The molecular weight excluding hydrogens is 1350 g/mol. The molecule has 4 atom stereocenters. The molecule has 6 aromatic heterocycles. The first kappa shape index (κ1) is 72.7. The van der Waals surface area contributed by atoms with E-state index in [4.69, 9.17) is 61.6 Å². The van der Waals surface area contributed by atoms with Gasteiger partial charge in [0.2, 0.25) is 5.91 Å². The first-order valence-corrected chi connectivity index (χ1v) is 33.9. The van der Waals surface area contributed by atoms with Crippen molar-refractivity contribution in [3.63, 3.8) is 0 Å². The Morgan fingerprint density at radius 2 is 1.03 bits per heavy atom. The number of carbonyl (C=O) groups is 4. The first-order valence-electron chi connectivity index (χ1n) is 33.1. The third kappa shape index (κ3) is 13.6. The van der Waals surface area contributed by atoms with E-state index in [0.717, 1.165) is 11.1 Å². The second-order valence-corrected chi connectivity index (χ2v) is 28.9. The maximum Gasteiger partial charge on any atom is 0.410 e. The van der Waals surface area contributed by atoms with Crippen LogP contribution in [0.3, 0.4) is 0 Å². The molecule has 4 aliphatic heterocycles. The number of piperazine rings is 2. The summed E-state index contributed by atoms with van der Waals surface area (Å²) < 4.78 is 67.2. The van der Waals surface area contributed by atoms with E-state index in [0.29, 0.717) is 44.9 Å². The molecule has 101 heavy (non-hydrogen) atoms. The summed E-state index contributed by atoms with van der Waals surface area (Å²) in [5.74, 6) is -1.99. The van der Waals surface area contributed by atoms with E-state index < -0.39 is 76.2 Å². The normalized spacial score (nSPS) is 17.5. The van der Waals surface area contributed by atoms with Crippen LogP contribution in [0.1, 0.15) is 117 Å². The van der Waals surface area contributed by atoms with Crippen LogP contribution in [-0.4, -0.2) is 159 Å². The van der Waals surface area contributed by atoms with Crippen LogP contribution < -0.4 is 40.6 Å². The van der Waals surface area contributed by atoms with Crippen LogP contribution in [0.4, 0.5) is 41.1 Å². The molecule has 4 amide bonds. The minimum Gasteiger partial charge on any atom is -0.467 e. The molecule has 10 heterocycles. The molecule has 8 aromatic rings. The average Bonchev–Trinajstić information content (AvgIpc) is 0.712. The molecule has 0 bridgehead atoms. The van der Waals surface area contributed by atoms with E-state index >= 15 is 13.6 Å². The predicted octanol–water partition coefficient (Wildman–Crippen LogP) is 12.9. The lowest BCUT2D eigenvalue weighted by molar-refractivity contribution is -0.121. The van der Waals surface area contributed by atoms with Crippen LogP contribution in [0.25, 0.3) is 56.0 Å². The molecule has 24 nitrogen and oxygen atoms in total. The van der Waals surface area contributed by atoms with Crippen molar-refractivity contribution in [2.75, 3.05) is 81.0 Å². The van der Waals surface area contributed by atoms with Crippen molar-refractivity contribution in [3.8, 4) is 45.4 Å². The number of halogens is 4. The van der Waals surface area contributed by atoms with Gasteiger partial charge >= 0.3 is 12.2 Å². The lowest BCUT2D eigenvalue weighted by Gasteiger charge is -2.49. The fourth-order valence-electron chi connectivity index (χ4n) is 13.4. The number of rotatable bonds is 12. The molecule has 0 radical (unpaired) electrons. The summed E-state index contributed by atoms with van der Waals surface area (Å²) in [6.07, 6.45) is 2.28. The second kappa shape index (κ2) is 28.1. The molecule has 12 rings (SSSR count). The highest BCUT2D eigenvalue weighted by Gasteiger charge is 2.49. The Kier molecular flexibility index (Phi) is 20.3. The summed E-state index contributed by atoms with van der Waals surface area (Å²) >= 11 is 14.0. The molecule has 0 spiro atoms. The molecule has 0 aliphatic carbocycles. The number of pyridine rings is 6. The molecule has 0 saturated carbocycles. The zero-order valence-electron chi connectivity index (χ0n) is 59.5. The van der Waals surface area contributed by atoms with Gasteiger partial charge in [0.1, 0.15) is 57.8 Å². The Bertz CT molecular complexity index is 4790. The molecule has 2 aromatic carbocycles. The van der Waals surface area contributed by atoms with E-state index in [9.17, 15) is 24.0 Å². The number of hydrogen-bond donors (Lipinski definition) is 1. The average molecular weight is 1430 g/mol.